The molecule has 1 aliphatic heterocycles. The van der Waals surface area contributed by atoms with E-state index in [0.717, 1.165) is 17.5 Å². The molecule has 0 aromatic heterocycles. The molecule has 7 heteroatoms. The Morgan fingerprint density at radius 1 is 1.06 bits per heavy atom. The highest BCUT2D eigenvalue weighted by Gasteiger charge is 2.48. The summed E-state index contributed by atoms with van der Waals surface area (Å²) in [7, 11) is 4.74. The van der Waals surface area contributed by atoms with Crippen molar-refractivity contribution in [1.29, 1.82) is 0 Å². The second kappa shape index (κ2) is 9.33. The minimum Gasteiger partial charge on any atom is -0.496 e. The molecule has 0 saturated heterocycles. The highest BCUT2D eigenvalue weighted by molar-refractivity contribution is 6.03. The van der Waals surface area contributed by atoms with Gasteiger partial charge in [-0.05, 0) is 38.5 Å². The van der Waals surface area contributed by atoms with Crippen molar-refractivity contribution >= 4 is 11.8 Å². The quantitative estimate of drug-likeness (QED) is 0.663. The Bertz CT molecular complexity index is 1080. The van der Waals surface area contributed by atoms with Gasteiger partial charge in [-0.2, -0.15) is 0 Å². The molecular formula is C26H34N2O5. The normalized spacial score (nSPS) is 16.8. The number of carbonyl (C=O) groups is 2. The summed E-state index contributed by atoms with van der Waals surface area (Å²) in [4.78, 5) is 27.1. The van der Waals surface area contributed by atoms with Crippen molar-refractivity contribution in [3.05, 3.63) is 52.1 Å². The summed E-state index contributed by atoms with van der Waals surface area (Å²) in [5, 5.41) is 1.49. The molecule has 0 radical (unpaired) electrons. The van der Waals surface area contributed by atoms with E-state index < -0.39 is 5.41 Å². The molecule has 1 aliphatic rings. The second-order valence-corrected chi connectivity index (χ2v) is 8.93. The zero-order valence-electron chi connectivity index (χ0n) is 20.8. The number of amides is 2. The maximum atomic E-state index is 13.8. The van der Waals surface area contributed by atoms with Gasteiger partial charge in [0.25, 0.3) is 11.8 Å². The predicted molar refractivity (Wildman–Crippen MR) is 127 cm³/mol. The molecule has 33 heavy (non-hydrogen) atoms. The first-order valence-electron chi connectivity index (χ1n) is 11.2. The first-order valence-corrected chi connectivity index (χ1v) is 11.2. The number of rotatable bonds is 7. The molecule has 0 saturated carbocycles. The number of benzene rings is 2. The van der Waals surface area contributed by atoms with Crippen LogP contribution >= 0.6 is 0 Å². The van der Waals surface area contributed by atoms with E-state index in [1.165, 1.54) is 5.01 Å². The SMILES string of the molecule is CCC[C@H]1N(NC(=O)c2cccc(OC)c2C)C(=O)c2cc(OC)c(C)c(OC)c2C1(C)C. The lowest BCUT2D eigenvalue weighted by molar-refractivity contribution is 0.0298. The van der Waals surface area contributed by atoms with Crippen molar-refractivity contribution in [3.63, 3.8) is 0 Å². The molecule has 178 valence electrons. The number of carbonyl (C=O) groups excluding carboxylic acids is 2. The average Bonchev–Trinajstić information content (AvgIpc) is 2.79. The van der Waals surface area contributed by atoms with Gasteiger partial charge in [0, 0.05) is 27.7 Å². The van der Waals surface area contributed by atoms with Crippen molar-refractivity contribution < 1.29 is 23.8 Å². The van der Waals surface area contributed by atoms with Crippen LogP contribution < -0.4 is 19.6 Å². The number of methoxy groups -OCH3 is 3. The third-order valence-corrected chi connectivity index (χ3v) is 6.68. The minimum absolute atomic E-state index is 0.265. The average molecular weight is 455 g/mol. The van der Waals surface area contributed by atoms with Crippen molar-refractivity contribution in [1.82, 2.24) is 10.4 Å². The van der Waals surface area contributed by atoms with E-state index in [0.29, 0.717) is 40.4 Å². The monoisotopic (exact) mass is 454 g/mol. The molecule has 0 spiro atoms. The van der Waals surface area contributed by atoms with E-state index in [4.69, 9.17) is 14.2 Å². The highest BCUT2D eigenvalue weighted by Crippen LogP contribution is 2.47. The third kappa shape index (κ3) is 4.01. The molecule has 1 N–H and O–H groups in total. The Kier molecular flexibility index (Phi) is 6.91. The smallest absolute Gasteiger partial charge is 0.273 e. The summed E-state index contributed by atoms with van der Waals surface area (Å²) in [5.74, 6) is 1.20. The summed E-state index contributed by atoms with van der Waals surface area (Å²) in [6.07, 6.45) is 1.56. The summed E-state index contributed by atoms with van der Waals surface area (Å²) >= 11 is 0. The molecule has 2 aromatic rings. The fraction of sp³-hybridized carbons (Fsp3) is 0.462. The first kappa shape index (κ1) is 24.4. The van der Waals surface area contributed by atoms with E-state index in [2.05, 4.69) is 26.2 Å². The summed E-state index contributed by atoms with van der Waals surface area (Å²) < 4.78 is 16.7. The molecule has 0 unspecified atom stereocenters. The van der Waals surface area contributed by atoms with Gasteiger partial charge in [0.15, 0.2) is 0 Å². The lowest BCUT2D eigenvalue weighted by Gasteiger charge is -2.47. The van der Waals surface area contributed by atoms with Crippen LogP contribution in [0.25, 0.3) is 0 Å². The van der Waals surface area contributed by atoms with Gasteiger partial charge in [-0.3, -0.25) is 15.0 Å². The number of nitrogens with zero attached hydrogens (tertiary/aromatic N) is 1. The maximum Gasteiger partial charge on any atom is 0.273 e. The van der Waals surface area contributed by atoms with Crippen LogP contribution in [-0.2, 0) is 5.41 Å². The standard InChI is InChI=1S/C26H34N2O5/c1-9-11-21-26(4,5)22-18(14-20(32-7)16(3)23(22)33-8)25(30)28(21)27-24(29)17-12-10-13-19(31-6)15(17)2/h10,12-14,21H,9,11H2,1-8H3,(H,27,29)/t21-/m1/s1. The molecule has 2 aromatic carbocycles. The second-order valence-electron chi connectivity index (χ2n) is 8.93. The van der Waals surface area contributed by atoms with Crippen molar-refractivity contribution in [2.75, 3.05) is 21.3 Å². The van der Waals surface area contributed by atoms with Gasteiger partial charge < -0.3 is 14.2 Å². The number of hydrogen-bond donors (Lipinski definition) is 1. The van der Waals surface area contributed by atoms with Gasteiger partial charge in [-0.15, -0.1) is 0 Å². The van der Waals surface area contributed by atoms with Crippen LogP contribution in [0.5, 0.6) is 17.2 Å². The first-order chi connectivity index (χ1) is 15.6. The number of hydrogen-bond acceptors (Lipinski definition) is 5. The topological polar surface area (TPSA) is 77.1 Å². The van der Waals surface area contributed by atoms with E-state index in [1.807, 2.05) is 13.8 Å². The molecule has 3 rings (SSSR count). The van der Waals surface area contributed by atoms with Crippen LogP contribution in [0.4, 0.5) is 0 Å². The molecule has 2 amide bonds. The maximum absolute atomic E-state index is 13.8. The van der Waals surface area contributed by atoms with Gasteiger partial charge in [0.05, 0.1) is 32.9 Å². The van der Waals surface area contributed by atoms with Crippen LogP contribution in [-0.4, -0.2) is 44.2 Å². The van der Waals surface area contributed by atoms with E-state index in [9.17, 15) is 9.59 Å². The number of hydrazine groups is 1. The molecule has 1 heterocycles. The fourth-order valence-corrected chi connectivity index (χ4v) is 4.91. The van der Waals surface area contributed by atoms with Crippen LogP contribution in [0.1, 0.15) is 71.0 Å². The minimum atomic E-state index is -0.488. The zero-order chi connectivity index (χ0) is 24.5. The Morgan fingerprint density at radius 3 is 2.30 bits per heavy atom. The molecule has 1 atom stereocenters. The Hall–Kier alpha value is -3.22. The largest absolute Gasteiger partial charge is 0.496 e. The Labute approximate surface area is 196 Å². The molecule has 0 aliphatic carbocycles. The summed E-state index contributed by atoms with van der Waals surface area (Å²) in [5.41, 5.74) is 5.75. The Balaban J connectivity index is 2.14. The van der Waals surface area contributed by atoms with Crippen LogP contribution in [0.15, 0.2) is 24.3 Å². The lowest BCUT2D eigenvalue weighted by atomic mass is 9.70. The van der Waals surface area contributed by atoms with Crippen LogP contribution in [0.2, 0.25) is 0 Å². The molecule has 7 nitrogen and oxygen atoms in total. The number of ether oxygens (including phenoxy) is 3. The van der Waals surface area contributed by atoms with Crippen molar-refractivity contribution in [2.45, 2.75) is 58.9 Å². The van der Waals surface area contributed by atoms with Crippen molar-refractivity contribution in [3.8, 4) is 17.2 Å². The summed E-state index contributed by atoms with van der Waals surface area (Å²) in [6.45, 7) is 9.99. The summed E-state index contributed by atoms with van der Waals surface area (Å²) in [6, 6.07) is 6.78. The number of nitrogens with one attached hydrogen (secondary N) is 1. The number of fused-ring (bicyclic) bond motifs is 1. The lowest BCUT2D eigenvalue weighted by Crippen LogP contribution is -2.61. The zero-order valence-corrected chi connectivity index (χ0v) is 20.8. The third-order valence-electron chi connectivity index (χ3n) is 6.68. The van der Waals surface area contributed by atoms with E-state index in [1.54, 1.807) is 45.6 Å². The van der Waals surface area contributed by atoms with Gasteiger partial charge >= 0.3 is 0 Å². The van der Waals surface area contributed by atoms with Gasteiger partial charge in [0.2, 0.25) is 0 Å². The van der Waals surface area contributed by atoms with E-state index >= 15 is 0 Å². The van der Waals surface area contributed by atoms with Gasteiger partial charge in [0.1, 0.15) is 17.2 Å². The highest BCUT2D eigenvalue weighted by atomic mass is 16.5. The van der Waals surface area contributed by atoms with E-state index in [-0.39, 0.29) is 17.9 Å². The van der Waals surface area contributed by atoms with Crippen LogP contribution in [0.3, 0.4) is 0 Å². The predicted octanol–water partition coefficient (Wildman–Crippen LogP) is 4.58. The van der Waals surface area contributed by atoms with Gasteiger partial charge in [-0.1, -0.05) is 33.3 Å². The fourth-order valence-electron chi connectivity index (χ4n) is 4.91. The molecule has 0 bridgehead atoms. The molecular weight excluding hydrogens is 420 g/mol. The van der Waals surface area contributed by atoms with Crippen LogP contribution in [0, 0.1) is 13.8 Å². The van der Waals surface area contributed by atoms with Gasteiger partial charge in [-0.25, -0.2) is 5.01 Å². The Morgan fingerprint density at radius 2 is 1.73 bits per heavy atom. The molecule has 0 fully saturated rings. The van der Waals surface area contributed by atoms with Crippen molar-refractivity contribution in [2.24, 2.45) is 0 Å².